The summed E-state index contributed by atoms with van der Waals surface area (Å²) in [5.41, 5.74) is 4.45. The van der Waals surface area contributed by atoms with Crippen LogP contribution in [-0.4, -0.2) is 51.2 Å². The van der Waals surface area contributed by atoms with Gasteiger partial charge in [-0.3, -0.25) is 4.79 Å². The molecule has 2 aromatic carbocycles. The molecule has 1 fully saturated rings. The van der Waals surface area contributed by atoms with Crippen LogP contribution in [0.2, 0.25) is 0 Å². The zero-order valence-electron chi connectivity index (χ0n) is 19.8. The molecule has 10 heteroatoms. The van der Waals surface area contributed by atoms with E-state index in [1.165, 1.54) is 0 Å². The second-order valence-corrected chi connectivity index (χ2v) is 8.61. The topological polar surface area (TPSA) is 112 Å². The van der Waals surface area contributed by atoms with Gasteiger partial charge >= 0.3 is 0 Å². The number of fused-ring (bicyclic) bond motifs is 2. The maximum Gasteiger partial charge on any atom is 0.261 e. The van der Waals surface area contributed by atoms with Gasteiger partial charge in [-0.25, -0.2) is 15.0 Å². The van der Waals surface area contributed by atoms with E-state index in [-0.39, 0.29) is 25.1 Å². The van der Waals surface area contributed by atoms with Crippen molar-refractivity contribution < 1.29 is 4.74 Å². The maximum absolute atomic E-state index is 13.4. The fourth-order valence-corrected chi connectivity index (χ4v) is 4.57. The van der Waals surface area contributed by atoms with Gasteiger partial charge in [0.1, 0.15) is 17.2 Å². The van der Waals surface area contributed by atoms with Gasteiger partial charge in [-0.2, -0.15) is 13.5 Å². The number of pyridine rings is 1. The molecule has 1 aliphatic rings. The fraction of sp³-hybridized carbons (Fsp3) is 0.231. The van der Waals surface area contributed by atoms with Gasteiger partial charge in [0, 0.05) is 36.6 Å². The molecule has 0 spiro atoms. The van der Waals surface area contributed by atoms with Crippen LogP contribution in [0, 0.1) is 0 Å². The summed E-state index contributed by atoms with van der Waals surface area (Å²) in [5, 5.41) is 4.38. The normalized spacial score (nSPS) is 14.5. The fourth-order valence-electron chi connectivity index (χ4n) is 4.57. The van der Waals surface area contributed by atoms with Crippen LogP contribution in [0.4, 0.5) is 11.4 Å². The Morgan fingerprint density at radius 2 is 1.78 bits per heavy atom. The first-order chi connectivity index (χ1) is 17.2. The molecule has 3 aromatic heterocycles. The first-order valence-corrected chi connectivity index (χ1v) is 11.7. The summed E-state index contributed by atoms with van der Waals surface area (Å²) in [6.07, 6.45) is 3.42. The predicted molar refractivity (Wildman–Crippen MR) is 147 cm³/mol. The minimum absolute atomic E-state index is 0. The van der Waals surface area contributed by atoms with Gasteiger partial charge in [0.15, 0.2) is 0 Å². The van der Waals surface area contributed by atoms with E-state index in [1.54, 1.807) is 18.5 Å². The van der Waals surface area contributed by atoms with Crippen molar-refractivity contribution in [1.82, 2.24) is 24.9 Å². The second kappa shape index (κ2) is 10.00. The number of aromatic amines is 2. The third-order valence-corrected chi connectivity index (χ3v) is 6.33. The lowest BCUT2D eigenvalue weighted by Gasteiger charge is -2.28. The van der Waals surface area contributed by atoms with Crippen molar-refractivity contribution in [2.45, 2.75) is 13.0 Å². The molecule has 0 bridgehead atoms. The largest absolute Gasteiger partial charge is 0.378 e. The van der Waals surface area contributed by atoms with E-state index in [0.29, 0.717) is 22.9 Å². The number of hydrogen-bond acceptors (Lipinski definition) is 7. The number of nitrogens with zero attached hydrogens (tertiary/aromatic N) is 4. The Morgan fingerprint density at radius 1 is 1.00 bits per heavy atom. The lowest BCUT2D eigenvalue weighted by Crippen LogP contribution is -2.36. The van der Waals surface area contributed by atoms with Crippen LogP contribution in [0.15, 0.2) is 65.7 Å². The maximum atomic E-state index is 13.4. The summed E-state index contributed by atoms with van der Waals surface area (Å²) in [6, 6.07) is 15.4. The first-order valence-electron chi connectivity index (χ1n) is 11.7. The lowest BCUT2D eigenvalue weighted by atomic mass is 10.1. The van der Waals surface area contributed by atoms with Crippen molar-refractivity contribution in [3.8, 4) is 11.4 Å². The molecule has 9 nitrogen and oxygen atoms in total. The summed E-state index contributed by atoms with van der Waals surface area (Å²) >= 11 is 0. The predicted octanol–water partition coefficient (Wildman–Crippen LogP) is 3.98. The third-order valence-electron chi connectivity index (χ3n) is 6.33. The molecule has 0 unspecified atom stereocenters. The van der Waals surface area contributed by atoms with E-state index in [0.717, 1.165) is 53.9 Å². The van der Waals surface area contributed by atoms with Crippen LogP contribution in [0.25, 0.3) is 33.3 Å². The van der Waals surface area contributed by atoms with Gasteiger partial charge in [-0.15, -0.1) is 0 Å². The zero-order chi connectivity index (χ0) is 23.8. The molecule has 0 aliphatic carbocycles. The van der Waals surface area contributed by atoms with E-state index >= 15 is 0 Å². The molecule has 1 aliphatic heterocycles. The zero-order valence-corrected chi connectivity index (χ0v) is 20.8. The lowest BCUT2D eigenvalue weighted by molar-refractivity contribution is 0.122. The van der Waals surface area contributed by atoms with Crippen LogP contribution in [-0.2, 0) is 4.74 Å². The van der Waals surface area contributed by atoms with E-state index in [2.05, 4.69) is 42.3 Å². The summed E-state index contributed by atoms with van der Waals surface area (Å²) in [6.45, 7) is 5.12. The van der Waals surface area contributed by atoms with Gasteiger partial charge in [-0.1, -0.05) is 18.2 Å². The molecule has 6 rings (SSSR count). The average Bonchev–Trinajstić information content (AvgIpc) is 3.32. The van der Waals surface area contributed by atoms with E-state index in [1.807, 2.05) is 37.3 Å². The number of imidazole rings is 1. The number of benzene rings is 2. The smallest absolute Gasteiger partial charge is 0.261 e. The Hall–Kier alpha value is -3.89. The molecule has 1 saturated heterocycles. The number of aromatic nitrogens is 5. The molecule has 184 valence electrons. The highest BCUT2D eigenvalue weighted by molar-refractivity contribution is 7.59. The third kappa shape index (κ3) is 4.40. The molecule has 36 heavy (non-hydrogen) atoms. The summed E-state index contributed by atoms with van der Waals surface area (Å²) in [7, 11) is 0. The van der Waals surface area contributed by atoms with Gasteiger partial charge in [0.25, 0.3) is 5.56 Å². The molecule has 0 amide bonds. The van der Waals surface area contributed by atoms with Crippen molar-refractivity contribution in [3.05, 3.63) is 77.1 Å². The number of rotatable bonds is 5. The number of ether oxygens (including phenoxy) is 1. The minimum atomic E-state index is -0.225. The van der Waals surface area contributed by atoms with E-state index < -0.39 is 0 Å². The van der Waals surface area contributed by atoms with Gasteiger partial charge in [-0.05, 0) is 37.3 Å². The summed E-state index contributed by atoms with van der Waals surface area (Å²) in [5.74, 6) is 1.15. The van der Waals surface area contributed by atoms with E-state index in [4.69, 9.17) is 9.72 Å². The summed E-state index contributed by atoms with van der Waals surface area (Å²) in [4.78, 5) is 35.6. The van der Waals surface area contributed by atoms with Crippen molar-refractivity contribution in [2.24, 2.45) is 0 Å². The quantitative estimate of drug-likeness (QED) is 0.334. The van der Waals surface area contributed by atoms with Crippen LogP contribution in [0.1, 0.15) is 18.8 Å². The van der Waals surface area contributed by atoms with Gasteiger partial charge in [0.05, 0.1) is 41.5 Å². The molecule has 3 N–H and O–H groups in total. The van der Waals surface area contributed by atoms with Crippen molar-refractivity contribution in [2.75, 3.05) is 36.5 Å². The number of morpholine rings is 1. The molecular weight excluding hydrogens is 474 g/mol. The first kappa shape index (κ1) is 23.8. The van der Waals surface area contributed by atoms with Crippen LogP contribution < -0.4 is 15.8 Å². The Balaban J connectivity index is 0.00000267. The highest BCUT2D eigenvalue weighted by atomic mass is 32.1. The number of anilines is 2. The monoisotopic (exact) mass is 501 g/mol. The number of para-hydroxylation sites is 1. The molecule has 4 heterocycles. The highest BCUT2D eigenvalue weighted by Crippen LogP contribution is 2.33. The van der Waals surface area contributed by atoms with Crippen molar-refractivity contribution >= 4 is 46.8 Å². The molecule has 5 aromatic rings. The SMILES string of the molecule is C[C@H](Nc1c(-c2nc3ccc(N4CCOCC4)cc3[nH]2)c(=O)[nH]c2ccccc12)c1ncccn1.S. The average molecular weight is 502 g/mol. The van der Waals surface area contributed by atoms with Crippen LogP contribution in [0.3, 0.4) is 0 Å². The molecule has 1 atom stereocenters. The van der Waals surface area contributed by atoms with Crippen LogP contribution in [0.5, 0.6) is 0 Å². The molecule has 0 radical (unpaired) electrons. The number of nitrogens with one attached hydrogen (secondary N) is 3. The minimum Gasteiger partial charge on any atom is -0.378 e. The molecule has 0 saturated carbocycles. The molecular formula is C26H27N7O2S. The second-order valence-electron chi connectivity index (χ2n) is 8.61. The Morgan fingerprint density at radius 3 is 2.58 bits per heavy atom. The Labute approximate surface area is 214 Å². The van der Waals surface area contributed by atoms with Crippen molar-refractivity contribution in [1.29, 1.82) is 0 Å². The van der Waals surface area contributed by atoms with Crippen LogP contribution >= 0.6 is 13.5 Å². The van der Waals surface area contributed by atoms with Gasteiger partial charge in [0.2, 0.25) is 0 Å². The van der Waals surface area contributed by atoms with Crippen molar-refractivity contribution in [3.63, 3.8) is 0 Å². The summed E-state index contributed by atoms with van der Waals surface area (Å²) < 4.78 is 5.48. The number of H-pyrrole nitrogens is 2. The van der Waals surface area contributed by atoms with E-state index in [9.17, 15) is 4.79 Å². The highest BCUT2D eigenvalue weighted by Gasteiger charge is 2.21. The Bertz CT molecular complexity index is 1560. The van der Waals surface area contributed by atoms with Gasteiger partial charge < -0.3 is 24.9 Å². The standard InChI is InChI=1S/C26H25N7O2.H2S/c1-16(24-27-9-4-10-28-24)29-23-18-5-2-3-6-19(18)32-26(34)22(23)25-30-20-8-7-17(15-21(20)31-25)33-11-13-35-14-12-33;/h2-10,15-16H,11-14H2,1H3,(H,30,31)(H2,29,32,34);1H2/t16-;/m0./s1. The Kier molecular flexibility index (Phi) is 6.62. The number of hydrogen-bond donors (Lipinski definition) is 3.